The Hall–Kier alpha value is -1.32. The Kier molecular flexibility index (Phi) is 4.18. The van der Waals surface area contributed by atoms with E-state index in [4.69, 9.17) is 4.74 Å². The topological polar surface area (TPSA) is 37.0 Å². The molecule has 2 N–H and O–H groups in total. The number of ether oxygens (including phenoxy) is 1. The molecule has 0 aliphatic rings. The molecule has 0 aliphatic heterocycles. The van der Waals surface area contributed by atoms with Crippen LogP contribution in [-0.2, 0) is 11.3 Å². The lowest BCUT2D eigenvalue weighted by molar-refractivity contribution is 0.0759. The minimum absolute atomic E-state index is 0.269. The monoisotopic (exact) mass is 232 g/mol. The molecule has 17 heavy (non-hydrogen) atoms. The molecule has 1 aromatic heterocycles. The van der Waals surface area contributed by atoms with Crippen molar-refractivity contribution < 1.29 is 4.74 Å². The first-order chi connectivity index (χ1) is 8.31. The lowest BCUT2D eigenvalue weighted by Crippen LogP contribution is -2.26. The van der Waals surface area contributed by atoms with E-state index >= 15 is 0 Å². The average Bonchev–Trinajstić information content (AvgIpc) is 2.73. The van der Waals surface area contributed by atoms with Gasteiger partial charge in [-0.2, -0.15) is 0 Å². The lowest BCUT2D eigenvalue weighted by Gasteiger charge is -2.12. The summed E-state index contributed by atoms with van der Waals surface area (Å²) in [5.74, 6) is 0. The van der Waals surface area contributed by atoms with Crippen LogP contribution in [0.3, 0.4) is 0 Å². The second-order valence-electron chi connectivity index (χ2n) is 4.26. The van der Waals surface area contributed by atoms with Crippen LogP contribution in [-0.4, -0.2) is 24.2 Å². The molecule has 1 unspecified atom stereocenters. The first-order valence-electron chi connectivity index (χ1n) is 6.18. The van der Waals surface area contributed by atoms with E-state index in [-0.39, 0.29) is 6.10 Å². The van der Waals surface area contributed by atoms with Crippen LogP contribution < -0.4 is 5.32 Å². The van der Waals surface area contributed by atoms with Crippen LogP contribution in [0.25, 0.3) is 10.9 Å². The Labute approximate surface area is 102 Å². The van der Waals surface area contributed by atoms with Gasteiger partial charge >= 0.3 is 0 Å². The van der Waals surface area contributed by atoms with Crippen LogP contribution >= 0.6 is 0 Å². The van der Waals surface area contributed by atoms with Crippen molar-refractivity contribution in [2.24, 2.45) is 0 Å². The van der Waals surface area contributed by atoms with Crippen molar-refractivity contribution in [2.45, 2.75) is 26.5 Å². The normalized spacial score (nSPS) is 13.1. The van der Waals surface area contributed by atoms with Crippen molar-refractivity contribution in [3.05, 3.63) is 36.0 Å². The molecular formula is C14H20N2O. The number of H-pyrrole nitrogens is 1. The third-order valence-corrected chi connectivity index (χ3v) is 2.87. The predicted octanol–water partition coefficient (Wildman–Crippen LogP) is 2.68. The van der Waals surface area contributed by atoms with E-state index in [1.165, 1.54) is 16.5 Å². The molecular weight excluding hydrogens is 212 g/mol. The minimum atomic E-state index is 0.269. The zero-order valence-electron chi connectivity index (χ0n) is 10.5. The lowest BCUT2D eigenvalue weighted by atomic mass is 10.2. The standard InChI is InChI=1S/C14H20N2O/c1-3-17-11(2)8-15-9-12-10-16-14-7-5-4-6-13(12)14/h4-7,10-11,15-16H,3,8-9H2,1-2H3. The summed E-state index contributed by atoms with van der Waals surface area (Å²) in [7, 11) is 0. The minimum Gasteiger partial charge on any atom is -0.377 e. The second kappa shape index (κ2) is 5.84. The highest BCUT2D eigenvalue weighted by molar-refractivity contribution is 5.82. The summed E-state index contributed by atoms with van der Waals surface area (Å²) in [5.41, 5.74) is 2.51. The molecule has 92 valence electrons. The number of aromatic amines is 1. The number of hydrogen-bond acceptors (Lipinski definition) is 2. The van der Waals surface area contributed by atoms with E-state index in [1.54, 1.807) is 0 Å². The molecule has 0 saturated carbocycles. The van der Waals surface area contributed by atoms with Crippen molar-refractivity contribution in [3.8, 4) is 0 Å². The fourth-order valence-corrected chi connectivity index (χ4v) is 2.03. The van der Waals surface area contributed by atoms with E-state index in [9.17, 15) is 0 Å². The summed E-state index contributed by atoms with van der Waals surface area (Å²) < 4.78 is 5.48. The van der Waals surface area contributed by atoms with Crippen molar-refractivity contribution in [2.75, 3.05) is 13.2 Å². The summed E-state index contributed by atoms with van der Waals surface area (Å²) in [6, 6.07) is 8.37. The summed E-state index contributed by atoms with van der Waals surface area (Å²) in [4.78, 5) is 3.28. The number of para-hydroxylation sites is 1. The van der Waals surface area contributed by atoms with Gasteiger partial charge in [-0.15, -0.1) is 0 Å². The van der Waals surface area contributed by atoms with Gasteiger partial charge < -0.3 is 15.0 Å². The smallest absolute Gasteiger partial charge is 0.0671 e. The molecule has 0 bridgehead atoms. The Bertz CT molecular complexity index is 464. The van der Waals surface area contributed by atoms with Gasteiger partial charge in [0, 0.05) is 36.8 Å². The van der Waals surface area contributed by atoms with Gasteiger partial charge in [-0.25, -0.2) is 0 Å². The maximum absolute atomic E-state index is 5.48. The number of hydrogen-bond donors (Lipinski definition) is 2. The number of rotatable bonds is 6. The molecule has 2 rings (SSSR count). The van der Waals surface area contributed by atoms with Gasteiger partial charge in [-0.3, -0.25) is 0 Å². The molecule has 0 amide bonds. The molecule has 0 fully saturated rings. The highest BCUT2D eigenvalue weighted by atomic mass is 16.5. The van der Waals surface area contributed by atoms with Gasteiger partial charge in [0.2, 0.25) is 0 Å². The van der Waals surface area contributed by atoms with Gasteiger partial charge in [0.15, 0.2) is 0 Å². The summed E-state index contributed by atoms with van der Waals surface area (Å²) in [6.45, 7) is 6.65. The second-order valence-corrected chi connectivity index (χ2v) is 4.26. The van der Waals surface area contributed by atoms with Crippen LogP contribution in [0.2, 0.25) is 0 Å². The molecule has 0 saturated heterocycles. The fraction of sp³-hybridized carbons (Fsp3) is 0.429. The van der Waals surface area contributed by atoms with Crippen molar-refractivity contribution >= 4 is 10.9 Å². The number of fused-ring (bicyclic) bond motifs is 1. The van der Waals surface area contributed by atoms with E-state index in [1.807, 2.05) is 13.0 Å². The van der Waals surface area contributed by atoms with Crippen molar-refractivity contribution in [3.63, 3.8) is 0 Å². The van der Waals surface area contributed by atoms with Gasteiger partial charge in [0.25, 0.3) is 0 Å². The van der Waals surface area contributed by atoms with Crippen LogP contribution in [0.4, 0.5) is 0 Å². The van der Waals surface area contributed by atoms with E-state index in [0.29, 0.717) is 0 Å². The van der Waals surface area contributed by atoms with Gasteiger partial charge in [-0.05, 0) is 25.5 Å². The summed E-state index contributed by atoms with van der Waals surface area (Å²) >= 11 is 0. The van der Waals surface area contributed by atoms with E-state index in [2.05, 4.69) is 41.6 Å². The molecule has 3 heteroatoms. The largest absolute Gasteiger partial charge is 0.377 e. The predicted molar refractivity (Wildman–Crippen MR) is 71.1 cm³/mol. The Morgan fingerprint density at radius 2 is 2.18 bits per heavy atom. The number of aromatic nitrogens is 1. The third kappa shape index (κ3) is 3.08. The first-order valence-corrected chi connectivity index (χ1v) is 6.18. The molecule has 0 radical (unpaired) electrons. The SMILES string of the molecule is CCOC(C)CNCc1c[nH]c2ccccc12. The van der Waals surface area contributed by atoms with Gasteiger partial charge in [0.05, 0.1) is 6.10 Å². The Morgan fingerprint density at radius 3 is 3.00 bits per heavy atom. The Balaban J connectivity index is 1.91. The zero-order valence-corrected chi connectivity index (χ0v) is 10.5. The summed E-state index contributed by atoms with van der Waals surface area (Å²) in [6.07, 6.45) is 2.34. The van der Waals surface area contributed by atoms with Gasteiger partial charge in [-0.1, -0.05) is 18.2 Å². The third-order valence-electron chi connectivity index (χ3n) is 2.87. The fourth-order valence-electron chi connectivity index (χ4n) is 2.03. The molecule has 1 atom stereocenters. The highest BCUT2D eigenvalue weighted by Gasteiger charge is 2.04. The maximum Gasteiger partial charge on any atom is 0.0671 e. The quantitative estimate of drug-likeness (QED) is 0.803. The molecule has 1 heterocycles. The number of benzene rings is 1. The molecule has 0 spiro atoms. The Morgan fingerprint density at radius 1 is 1.35 bits per heavy atom. The van der Waals surface area contributed by atoms with E-state index in [0.717, 1.165) is 19.7 Å². The summed E-state index contributed by atoms with van der Waals surface area (Å²) in [5, 5.41) is 4.71. The molecule has 0 aliphatic carbocycles. The zero-order chi connectivity index (χ0) is 12.1. The number of nitrogens with one attached hydrogen (secondary N) is 2. The van der Waals surface area contributed by atoms with Crippen LogP contribution in [0.15, 0.2) is 30.5 Å². The van der Waals surface area contributed by atoms with Gasteiger partial charge in [0.1, 0.15) is 0 Å². The van der Waals surface area contributed by atoms with Crippen LogP contribution in [0, 0.1) is 0 Å². The van der Waals surface area contributed by atoms with Crippen molar-refractivity contribution in [1.29, 1.82) is 0 Å². The maximum atomic E-state index is 5.48. The highest BCUT2D eigenvalue weighted by Crippen LogP contribution is 2.17. The average molecular weight is 232 g/mol. The molecule has 2 aromatic rings. The molecule has 1 aromatic carbocycles. The molecule has 3 nitrogen and oxygen atoms in total. The van der Waals surface area contributed by atoms with Crippen molar-refractivity contribution in [1.82, 2.24) is 10.3 Å². The first kappa shape index (κ1) is 12.1. The van der Waals surface area contributed by atoms with E-state index < -0.39 is 0 Å². The van der Waals surface area contributed by atoms with Crippen LogP contribution in [0.5, 0.6) is 0 Å². The van der Waals surface area contributed by atoms with Crippen LogP contribution in [0.1, 0.15) is 19.4 Å².